The van der Waals surface area contributed by atoms with Crippen molar-refractivity contribution in [2.75, 3.05) is 43.9 Å². The number of rotatable bonds is 7. The number of ether oxygens (including phenoxy) is 1. The van der Waals surface area contributed by atoms with Crippen LogP contribution in [0.3, 0.4) is 0 Å². The summed E-state index contributed by atoms with van der Waals surface area (Å²) in [5.41, 5.74) is 2.14. The number of benzene rings is 2. The maximum atomic E-state index is 13.4. The number of carbonyl (C=O) groups excluding carboxylic acids is 2. The van der Waals surface area contributed by atoms with Gasteiger partial charge in [-0.05, 0) is 56.7 Å². The molecule has 2 unspecified atom stereocenters. The van der Waals surface area contributed by atoms with Gasteiger partial charge in [0.1, 0.15) is 11.6 Å². The van der Waals surface area contributed by atoms with Gasteiger partial charge in [-0.3, -0.25) is 19.4 Å². The Hall–Kier alpha value is -2.97. The molecule has 1 heterocycles. The Morgan fingerprint density at radius 3 is 2.09 bits per heavy atom. The Bertz CT molecular complexity index is 960. The third-order valence-corrected chi connectivity index (χ3v) is 5.91. The number of nitrogens with zero attached hydrogens (tertiary/aromatic N) is 2. The third kappa shape index (κ3) is 5.83. The molecule has 0 bridgehead atoms. The van der Waals surface area contributed by atoms with E-state index in [1.807, 2.05) is 39.0 Å². The van der Waals surface area contributed by atoms with E-state index in [2.05, 4.69) is 20.4 Å². The van der Waals surface area contributed by atoms with E-state index in [1.54, 1.807) is 19.2 Å². The first-order valence-electron chi connectivity index (χ1n) is 10.8. The van der Waals surface area contributed by atoms with E-state index in [0.29, 0.717) is 43.3 Å². The van der Waals surface area contributed by atoms with Crippen LogP contribution in [0.1, 0.15) is 19.4 Å². The molecule has 172 valence electrons. The number of anilines is 2. The van der Waals surface area contributed by atoms with Crippen molar-refractivity contribution in [3.05, 3.63) is 53.8 Å². The van der Waals surface area contributed by atoms with Gasteiger partial charge in [0, 0.05) is 31.9 Å². The van der Waals surface area contributed by atoms with Crippen molar-refractivity contribution in [3.63, 3.8) is 0 Å². The molecular formula is C24H31FN4O3. The summed E-state index contributed by atoms with van der Waals surface area (Å²) in [6.07, 6.45) is 0. The minimum atomic E-state index is -0.389. The first-order chi connectivity index (χ1) is 15.3. The summed E-state index contributed by atoms with van der Waals surface area (Å²) in [4.78, 5) is 29.6. The van der Waals surface area contributed by atoms with Crippen LogP contribution in [0.25, 0.3) is 0 Å². The third-order valence-electron chi connectivity index (χ3n) is 5.91. The fraction of sp³-hybridized carbons (Fsp3) is 0.417. The van der Waals surface area contributed by atoms with Gasteiger partial charge < -0.3 is 15.4 Å². The molecular weight excluding hydrogens is 411 g/mol. The highest BCUT2D eigenvalue weighted by Crippen LogP contribution is 2.25. The van der Waals surface area contributed by atoms with Crippen LogP contribution in [0.2, 0.25) is 0 Å². The molecule has 1 saturated heterocycles. The quantitative estimate of drug-likeness (QED) is 0.689. The van der Waals surface area contributed by atoms with Gasteiger partial charge in [-0.2, -0.15) is 0 Å². The van der Waals surface area contributed by atoms with Crippen molar-refractivity contribution >= 4 is 23.2 Å². The molecule has 0 saturated carbocycles. The molecule has 1 fully saturated rings. The van der Waals surface area contributed by atoms with E-state index in [-0.39, 0.29) is 29.7 Å². The summed E-state index contributed by atoms with van der Waals surface area (Å²) < 4.78 is 18.7. The molecule has 2 aromatic carbocycles. The second-order valence-corrected chi connectivity index (χ2v) is 8.12. The van der Waals surface area contributed by atoms with Gasteiger partial charge in [0.05, 0.1) is 24.9 Å². The number of carbonyl (C=O) groups is 2. The molecule has 2 amide bonds. The number of nitrogens with one attached hydrogen (secondary N) is 2. The van der Waals surface area contributed by atoms with Crippen LogP contribution in [0.4, 0.5) is 15.8 Å². The fourth-order valence-corrected chi connectivity index (χ4v) is 3.81. The van der Waals surface area contributed by atoms with Crippen molar-refractivity contribution in [3.8, 4) is 5.75 Å². The molecule has 7 nitrogen and oxygen atoms in total. The number of hydrogen-bond acceptors (Lipinski definition) is 5. The number of piperazine rings is 1. The van der Waals surface area contributed by atoms with E-state index < -0.39 is 0 Å². The fourth-order valence-electron chi connectivity index (χ4n) is 3.81. The Morgan fingerprint density at radius 2 is 1.53 bits per heavy atom. The second-order valence-electron chi connectivity index (χ2n) is 8.12. The van der Waals surface area contributed by atoms with Gasteiger partial charge in [-0.1, -0.05) is 12.1 Å². The van der Waals surface area contributed by atoms with Crippen LogP contribution in [0, 0.1) is 12.7 Å². The monoisotopic (exact) mass is 442 g/mol. The van der Waals surface area contributed by atoms with Gasteiger partial charge in [0.15, 0.2) is 0 Å². The molecule has 2 aromatic rings. The van der Waals surface area contributed by atoms with Crippen LogP contribution in [0.15, 0.2) is 42.5 Å². The molecule has 0 spiro atoms. The number of halogens is 1. The molecule has 0 aromatic heterocycles. The molecule has 0 aliphatic carbocycles. The van der Waals surface area contributed by atoms with Crippen molar-refractivity contribution < 1.29 is 18.7 Å². The minimum Gasteiger partial charge on any atom is -0.495 e. The first kappa shape index (κ1) is 23.7. The van der Waals surface area contributed by atoms with Crippen LogP contribution in [-0.4, -0.2) is 67.0 Å². The molecule has 3 rings (SSSR count). The zero-order chi connectivity index (χ0) is 23.3. The molecule has 2 N–H and O–H groups in total. The highest BCUT2D eigenvalue weighted by atomic mass is 19.1. The summed E-state index contributed by atoms with van der Waals surface area (Å²) in [6.45, 7) is 8.32. The summed E-state index contributed by atoms with van der Waals surface area (Å²) in [6, 6.07) is 10.8. The number of hydrogen-bond donors (Lipinski definition) is 2. The number of methoxy groups -OCH3 is 1. The van der Waals surface area contributed by atoms with Crippen LogP contribution in [0.5, 0.6) is 5.75 Å². The molecule has 0 radical (unpaired) electrons. The number of aryl methyl sites for hydroxylation is 1. The lowest BCUT2D eigenvalue weighted by molar-refractivity contribution is -0.124. The van der Waals surface area contributed by atoms with Crippen LogP contribution < -0.4 is 15.4 Å². The molecule has 8 heteroatoms. The standard InChI is InChI=1S/C24H31FN4O3/c1-16-8-9-22(32-4)21(14-16)27-24(31)18(3)29-12-10-28(11-13-29)17(2)23(30)26-20-7-5-6-19(25)15-20/h5-9,14-15,17-18H,10-13H2,1-4H3,(H,26,30)(H,27,31). The van der Waals surface area contributed by atoms with Gasteiger partial charge in [-0.15, -0.1) is 0 Å². The summed E-state index contributed by atoms with van der Waals surface area (Å²) in [7, 11) is 1.58. The highest BCUT2D eigenvalue weighted by molar-refractivity contribution is 5.96. The predicted octanol–water partition coefficient (Wildman–Crippen LogP) is 3.11. The van der Waals surface area contributed by atoms with E-state index in [4.69, 9.17) is 4.74 Å². The largest absolute Gasteiger partial charge is 0.495 e. The molecule has 1 aliphatic heterocycles. The normalized spacial score (nSPS) is 16.8. The van der Waals surface area contributed by atoms with E-state index in [9.17, 15) is 14.0 Å². The maximum Gasteiger partial charge on any atom is 0.241 e. The molecule has 32 heavy (non-hydrogen) atoms. The number of amides is 2. The van der Waals surface area contributed by atoms with E-state index >= 15 is 0 Å². The van der Waals surface area contributed by atoms with Crippen molar-refractivity contribution in [1.29, 1.82) is 0 Å². The zero-order valence-electron chi connectivity index (χ0n) is 19.0. The zero-order valence-corrected chi connectivity index (χ0v) is 19.0. The van der Waals surface area contributed by atoms with Crippen molar-refractivity contribution in [1.82, 2.24) is 9.80 Å². The SMILES string of the molecule is COc1ccc(C)cc1NC(=O)C(C)N1CCN(C(C)C(=O)Nc2cccc(F)c2)CC1. The van der Waals surface area contributed by atoms with Gasteiger partial charge in [-0.25, -0.2) is 4.39 Å². The van der Waals surface area contributed by atoms with Gasteiger partial charge in [0.25, 0.3) is 0 Å². The molecule has 1 aliphatic rings. The lowest BCUT2D eigenvalue weighted by Gasteiger charge is -2.39. The average molecular weight is 443 g/mol. The Labute approximate surface area is 188 Å². The summed E-state index contributed by atoms with van der Waals surface area (Å²) >= 11 is 0. The van der Waals surface area contributed by atoms with Crippen LogP contribution in [-0.2, 0) is 9.59 Å². The smallest absolute Gasteiger partial charge is 0.241 e. The molecule has 2 atom stereocenters. The lowest BCUT2D eigenvalue weighted by atomic mass is 10.1. The lowest BCUT2D eigenvalue weighted by Crippen LogP contribution is -2.56. The minimum absolute atomic E-state index is 0.0979. The van der Waals surface area contributed by atoms with E-state index in [1.165, 1.54) is 12.1 Å². The van der Waals surface area contributed by atoms with Gasteiger partial charge >= 0.3 is 0 Å². The summed E-state index contributed by atoms with van der Waals surface area (Å²) in [5.74, 6) is -0.0423. The Morgan fingerprint density at radius 1 is 0.938 bits per heavy atom. The average Bonchev–Trinajstić information content (AvgIpc) is 2.78. The van der Waals surface area contributed by atoms with Crippen LogP contribution >= 0.6 is 0 Å². The first-order valence-corrected chi connectivity index (χ1v) is 10.8. The Kier molecular flexibility index (Phi) is 7.82. The maximum absolute atomic E-state index is 13.4. The van der Waals surface area contributed by atoms with Crippen molar-refractivity contribution in [2.45, 2.75) is 32.9 Å². The van der Waals surface area contributed by atoms with Gasteiger partial charge in [0.2, 0.25) is 11.8 Å². The van der Waals surface area contributed by atoms with E-state index in [0.717, 1.165) is 5.56 Å². The summed E-state index contributed by atoms with van der Waals surface area (Å²) in [5, 5.41) is 5.73. The van der Waals surface area contributed by atoms with Crippen molar-refractivity contribution in [2.24, 2.45) is 0 Å². The predicted molar refractivity (Wildman–Crippen MR) is 123 cm³/mol. The highest BCUT2D eigenvalue weighted by Gasteiger charge is 2.30. The Balaban J connectivity index is 1.52. The second kappa shape index (κ2) is 10.6. The topological polar surface area (TPSA) is 73.9 Å².